The molecule has 1 aromatic carbocycles. The Bertz CT molecular complexity index is 1020. The number of nitrogens with zero attached hydrogens (tertiary/aromatic N) is 2. The molecule has 1 aliphatic heterocycles. The third-order valence-corrected chi connectivity index (χ3v) is 5.46. The van der Waals surface area contributed by atoms with Crippen LogP contribution in [0, 0.1) is 11.7 Å². The molecular formula is C22H25FN4O5. The van der Waals surface area contributed by atoms with Crippen LogP contribution in [0.3, 0.4) is 0 Å². The van der Waals surface area contributed by atoms with Crippen LogP contribution in [0.1, 0.15) is 43.5 Å². The largest absolute Gasteiger partial charge is 0.490 e. The number of aryl methyl sites for hydroxylation is 1. The molecule has 32 heavy (non-hydrogen) atoms. The molecule has 1 atom stereocenters. The van der Waals surface area contributed by atoms with E-state index in [2.05, 4.69) is 15.6 Å². The van der Waals surface area contributed by atoms with Crippen molar-refractivity contribution in [1.29, 1.82) is 0 Å². The normalized spacial score (nSPS) is 16.9. The van der Waals surface area contributed by atoms with Crippen LogP contribution >= 0.6 is 0 Å². The number of carbonyl (C=O) groups is 3. The van der Waals surface area contributed by atoms with Gasteiger partial charge in [0.2, 0.25) is 5.91 Å². The Labute approximate surface area is 184 Å². The lowest BCUT2D eigenvalue weighted by Crippen LogP contribution is -2.28. The van der Waals surface area contributed by atoms with Gasteiger partial charge >= 0.3 is 12.0 Å². The van der Waals surface area contributed by atoms with Gasteiger partial charge in [0.25, 0.3) is 0 Å². The van der Waals surface area contributed by atoms with Crippen molar-refractivity contribution in [3.63, 3.8) is 0 Å². The first-order chi connectivity index (χ1) is 15.4. The zero-order chi connectivity index (χ0) is 22.7. The van der Waals surface area contributed by atoms with Crippen LogP contribution in [0.2, 0.25) is 0 Å². The summed E-state index contributed by atoms with van der Waals surface area (Å²) in [4.78, 5) is 40.5. The molecule has 1 saturated carbocycles. The summed E-state index contributed by atoms with van der Waals surface area (Å²) in [5.74, 6) is -0.0669. The molecule has 3 amide bonds. The van der Waals surface area contributed by atoms with E-state index < -0.39 is 11.9 Å². The van der Waals surface area contributed by atoms with E-state index in [-0.39, 0.29) is 48.9 Å². The summed E-state index contributed by atoms with van der Waals surface area (Å²) >= 11 is 0. The summed E-state index contributed by atoms with van der Waals surface area (Å²) in [6.07, 6.45) is 4.21. The van der Waals surface area contributed by atoms with E-state index in [1.54, 1.807) is 12.1 Å². The second-order valence-electron chi connectivity index (χ2n) is 8.15. The van der Waals surface area contributed by atoms with Crippen molar-refractivity contribution in [2.75, 3.05) is 24.6 Å². The standard InChI is InChI=1S/C22H25FN4O5/c1-13(15-4-7-18(23)19(8-15)31-11-14-2-3-14)24-9-17(28)6-5-16-12-32-22(25-16)27-10-20(29)26-21(27)30/h4,7-8,12-14,24H,2-3,5-6,9-11H2,1H3,(H,26,29,30)/t13-/m1/s1. The maximum Gasteiger partial charge on any atom is 0.332 e. The van der Waals surface area contributed by atoms with Gasteiger partial charge in [0, 0.05) is 12.5 Å². The van der Waals surface area contributed by atoms with Gasteiger partial charge in [-0.25, -0.2) is 14.1 Å². The number of anilines is 1. The number of ketones is 1. The fraction of sp³-hybridized carbons (Fsp3) is 0.455. The molecule has 2 N–H and O–H groups in total. The van der Waals surface area contributed by atoms with Crippen molar-refractivity contribution < 1.29 is 27.9 Å². The first kappa shape index (κ1) is 21.9. The van der Waals surface area contributed by atoms with Crippen LogP contribution in [0.15, 0.2) is 28.9 Å². The minimum atomic E-state index is -0.584. The summed E-state index contributed by atoms with van der Waals surface area (Å²) in [6.45, 7) is 2.43. The Hall–Kier alpha value is -3.27. The highest BCUT2D eigenvalue weighted by molar-refractivity contribution is 6.11. The number of benzene rings is 1. The minimum absolute atomic E-state index is 0.0252. The molecule has 170 valence electrons. The van der Waals surface area contributed by atoms with Crippen LogP contribution in [0.25, 0.3) is 0 Å². The van der Waals surface area contributed by atoms with Gasteiger partial charge in [0.1, 0.15) is 18.6 Å². The smallest absolute Gasteiger partial charge is 0.332 e. The Morgan fingerprint density at radius 1 is 1.41 bits per heavy atom. The Morgan fingerprint density at radius 3 is 2.94 bits per heavy atom. The SMILES string of the molecule is C[C@@H](NCC(=O)CCc1coc(N2CC(=O)NC2=O)n1)c1ccc(F)c(OCC2CC2)c1. The number of carbonyl (C=O) groups excluding carboxylic acids is 3. The Kier molecular flexibility index (Phi) is 6.50. The van der Waals surface area contributed by atoms with Crippen LogP contribution < -0.4 is 20.3 Å². The summed E-state index contributed by atoms with van der Waals surface area (Å²) < 4.78 is 24.8. The first-order valence-electron chi connectivity index (χ1n) is 10.6. The lowest BCUT2D eigenvalue weighted by molar-refractivity contribution is -0.118. The van der Waals surface area contributed by atoms with Crippen LogP contribution in [-0.2, 0) is 16.0 Å². The van der Waals surface area contributed by atoms with Gasteiger partial charge in [0.05, 0.1) is 18.8 Å². The molecule has 2 aromatic rings. The zero-order valence-corrected chi connectivity index (χ0v) is 17.7. The van der Waals surface area contributed by atoms with E-state index in [4.69, 9.17) is 9.15 Å². The first-order valence-corrected chi connectivity index (χ1v) is 10.6. The van der Waals surface area contributed by atoms with Gasteiger partial charge in [-0.15, -0.1) is 0 Å². The summed E-state index contributed by atoms with van der Waals surface area (Å²) in [7, 11) is 0. The average molecular weight is 444 g/mol. The van der Waals surface area contributed by atoms with Gasteiger partial charge in [-0.3, -0.25) is 14.9 Å². The molecule has 1 aliphatic carbocycles. The molecule has 0 unspecified atom stereocenters. The van der Waals surface area contributed by atoms with E-state index in [9.17, 15) is 18.8 Å². The number of halogens is 1. The molecular weight excluding hydrogens is 419 g/mol. The van der Waals surface area contributed by atoms with Crippen molar-refractivity contribution in [3.05, 3.63) is 41.5 Å². The number of nitrogens with one attached hydrogen (secondary N) is 2. The summed E-state index contributed by atoms with van der Waals surface area (Å²) in [6, 6.07) is 4.02. The second kappa shape index (κ2) is 9.47. The predicted molar refractivity (Wildman–Crippen MR) is 112 cm³/mol. The van der Waals surface area contributed by atoms with Gasteiger partial charge in [-0.2, -0.15) is 4.98 Å². The monoisotopic (exact) mass is 444 g/mol. The van der Waals surface area contributed by atoms with E-state index in [0.29, 0.717) is 24.6 Å². The Balaban J connectivity index is 1.23. The second-order valence-corrected chi connectivity index (χ2v) is 8.15. The quantitative estimate of drug-likeness (QED) is 0.512. The van der Waals surface area contributed by atoms with Crippen molar-refractivity contribution in [3.8, 4) is 5.75 Å². The van der Waals surface area contributed by atoms with Crippen LogP contribution in [-0.4, -0.2) is 42.4 Å². The summed E-state index contributed by atoms with van der Waals surface area (Å²) in [5, 5.41) is 5.29. The molecule has 1 aromatic heterocycles. The van der Waals surface area contributed by atoms with Crippen molar-refractivity contribution in [2.45, 2.75) is 38.6 Å². The highest BCUT2D eigenvalue weighted by atomic mass is 19.1. The molecule has 9 nitrogen and oxygen atoms in total. The van der Waals surface area contributed by atoms with E-state index >= 15 is 0 Å². The van der Waals surface area contributed by atoms with Crippen molar-refractivity contribution in [2.24, 2.45) is 5.92 Å². The third-order valence-electron chi connectivity index (χ3n) is 5.46. The number of oxazole rings is 1. The van der Waals surface area contributed by atoms with Crippen molar-refractivity contribution in [1.82, 2.24) is 15.6 Å². The number of Topliss-reactive ketones (excluding diaryl/α,β-unsaturated/α-hetero) is 1. The number of hydrogen-bond donors (Lipinski definition) is 2. The molecule has 4 rings (SSSR count). The van der Waals surface area contributed by atoms with Gasteiger partial charge in [0.15, 0.2) is 11.6 Å². The molecule has 1 saturated heterocycles. The maximum absolute atomic E-state index is 14.0. The summed E-state index contributed by atoms with van der Waals surface area (Å²) in [5.41, 5.74) is 1.36. The molecule has 2 heterocycles. The lowest BCUT2D eigenvalue weighted by Gasteiger charge is -2.15. The number of hydrogen-bond acceptors (Lipinski definition) is 7. The molecule has 2 aliphatic rings. The van der Waals surface area contributed by atoms with Crippen molar-refractivity contribution >= 4 is 23.7 Å². The third kappa shape index (κ3) is 5.50. The minimum Gasteiger partial charge on any atom is -0.490 e. The number of aromatic nitrogens is 1. The lowest BCUT2D eigenvalue weighted by atomic mass is 10.1. The van der Waals surface area contributed by atoms with Gasteiger partial charge in [-0.05, 0) is 49.8 Å². The van der Waals surface area contributed by atoms with Crippen LogP contribution in [0.4, 0.5) is 15.2 Å². The fourth-order valence-electron chi connectivity index (χ4n) is 3.26. The molecule has 0 radical (unpaired) electrons. The molecule has 0 bridgehead atoms. The number of amides is 3. The van der Waals surface area contributed by atoms with Gasteiger partial charge in [-0.1, -0.05) is 6.07 Å². The average Bonchev–Trinajstić information content (AvgIpc) is 3.38. The molecule has 2 fully saturated rings. The zero-order valence-electron chi connectivity index (χ0n) is 17.7. The van der Waals surface area contributed by atoms with E-state index in [0.717, 1.165) is 23.3 Å². The topological polar surface area (TPSA) is 114 Å². The molecule has 0 spiro atoms. The maximum atomic E-state index is 14.0. The number of imide groups is 1. The fourth-order valence-corrected chi connectivity index (χ4v) is 3.26. The number of rotatable bonds is 11. The Morgan fingerprint density at radius 2 is 2.22 bits per heavy atom. The molecule has 10 heteroatoms. The number of ether oxygens (including phenoxy) is 1. The number of urea groups is 1. The highest BCUT2D eigenvalue weighted by Gasteiger charge is 2.31. The van der Waals surface area contributed by atoms with Crippen LogP contribution in [0.5, 0.6) is 5.75 Å². The predicted octanol–water partition coefficient (Wildman–Crippen LogP) is 2.51. The van der Waals surface area contributed by atoms with E-state index in [1.165, 1.54) is 12.3 Å². The van der Waals surface area contributed by atoms with Gasteiger partial charge < -0.3 is 14.5 Å². The van der Waals surface area contributed by atoms with E-state index in [1.807, 2.05) is 6.92 Å². The highest BCUT2D eigenvalue weighted by Crippen LogP contribution is 2.31.